The minimum Gasteiger partial charge on any atom is -0.497 e. The predicted octanol–water partition coefficient (Wildman–Crippen LogP) is 1.64. The maximum Gasteiger partial charge on any atom is 0.225 e. The molecule has 7 nitrogen and oxygen atoms in total. The number of carbonyl (C=O) groups is 2. The molecule has 2 heterocycles. The lowest BCUT2D eigenvalue weighted by atomic mass is 9.91. The van der Waals surface area contributed by atoms with Crippen LogP contribution in [-0.4, -0.2) is 62.0 Å². The van der Waals surface area contributed by atoms with Crippen molar-refractivity contribution in [3.05, 3.63) is 23.8 Å². The average molecular weight is 389 g/mol. The van der Waals surface area contributed by atoms with Gasteiger partial charge in [-0.1, -0.05) is 6.07 Å². The van der Waals surface area contributed by atoms with Gasteiger partial charge in [-0.05, 0) is 44.8 Å². The summed E-state index contributed by atoms with van der Waals surface area (Å²) in [4.78, 5) is 28.4. The molecule has 0 aromatic heterocycles. The van der Waals surface area contributed by atoms with E-state index < -0.39 is 0 Å². The molecule has 7 heteroatoms. The third kappa shape index (κ3) is 4.76. The number of amides is 2. The lowest BCUT2D eigenvalue weighted by molar-refractivity contribution is -0.140. The number of benzene rings is 1. The van der Waals surface area contributed by atoms with Crippen molar-refractivity contribution in [1.29, 1.82) is 0 Å². The second kappa shape index (κ2) is 9.28. The van der Waals surface area contributed by atoms with Crippen LogP contribution in [-0.2, 0) is 16.1 Å². The zero-order chi connectivity index (χ0) is 20.1. The number of piperidine rings is 2. The molecule has 2 N–H and O–H groups in total. The highest BCUT2D eigenvalue weighted by atomic mass is 16.5. The fraction of sp³-hybridized carbons (Fsp3) is 0.619. The average Bonchev–Trinajstić information content (AvgIpc) is 2.74. The highest BCUT2D eigenvalue weighted by Crippen LogP contribution is 2.28. The highest BCUT2D eigenvalue weighted by Gasteiger charge is 2.32. The number of nitrogens with two attached hydrogens (primary N) is 1. The standard InChI is InChI=1S/C21H31N3O4/c1-27-18-4-3-17(19(13-18)28-2)14-23-9-5-16(6-10-23)21(26)24-11-7-15(8-12-24)20(22)25/h3-4,13,15-16H,5-12,14H2,1-2H3,(H2,22,25). The van der Waals surface area contributed by atoms with Crippen LogP contribution in [0.15, 0.2) is 18.2 Å². The van der Waals surface area contributed by atoms with Gasteiger partial charge in [-0.3, -0.25) is 14.5 Å². The Morgan fingerprint density at radius 2 is 1.64 bits per heavy atom. The van der Waals surface area contributed by atoms with Gasteiger partial charge >= 0.3 is 0 Å². The van der Waals surface area contributed by atoms with Gasteiger partial charge in [-0.25, -0.2) is 0 Å². The van der Waals surface area contributed by atoms with Crippen LogP contribution in [0.2, 0.25) is 0 Å². The largest absolute Gasteiger partial charge is 0.497 e. The van der Waals surface area contributed by atoms with E-state index in [1.807, 2.05) is 23.1 Å². The first kappa shape index (κ1) is 20.5. The molecule has 3 rings (SSSR count). The molecule has 0 spiro atoms. The van der Waals surface area contributed by atoms with Crippen molar-refractivity contribution in [2.24, 2.45) is 17.6 Å². The molecule has 2 aliphatic rings. The Morgan fingerprint density at radius 1 is 1.00 bits per heavy atom. The zero-order valence-corrected chi connectivity index (χ0v) is 16.9. The van der Waals surface area contributed by atoms with E-state index in [1.54, 1.807) is 14.2 Å². The normalized spacial score (nSPS) is 19.4. The molecule has 0 atom stereocenters. The van der Waals surface area contributed by atoms with Crippen molar-refractivity contribution < 1.29 is 19.1 Å². The lowest BCUT2D eigenvalue weighted by Gasteiger charge is -2.37. The van der Waals surface area contributed by atoms with Crippen LogP contribution >= 0.6 is 0 Å². The Labute approximate surface area is 166 Å². The summed E-state index contributed by atoms with van der Waals surface area (Å²) in [6, 6.07) is 5.89. The second-order valence-corrected chi connectivity index (χ2v) is 7.73. The number of primary amides is 1. The lowest BCUT2D eigenvalue weighted by Crippen LogP contribution is -2.46. The summed E-state index contributed by atoms with van der Waals surface area (Å²) in [5.41, 5.74) is 6.51. The van der Waals surface area contributed by atoms with Gasteiger partial charge < -0.3 is 20.1 Å². The number of carbonyl (C=O) groups excluding carboxylic acids is 2. The van der Waals surface area contributed by atoms with Crippen molar-refractivity contribution in [1.82, 2.24) is 9.80 Å². The van der Waals surface area contributed by atoms with Crippen LogP contribution in [0.5, 0.6) is 11.5 Å². The Morgan fingerprint density at radius 3 is 2.21 bits per heavy atom. The molecule has 28 heavy (non-hydrogen) atoms. The number of hydrogen-bond donors (Lipinski definition) is 1. The maximum absolute atomic E-state index is 12.8. The van der Waals surface area contributed by atoms with Crippen LogP contribution in [0.25, 0.3) is 0 Å². The summed E-state index contributed by atoms with van der Waals surface area (Å²) in [6.45, 7) is 3.89. The number of ether oxygens (including phenoxy) is 2. The first-order valence-electron chi connectivity index (χ1n) is 10.0. The van der Waals surface area contributed by atoms with Crippen molar-refractivity contribution in [3.63, 3.8) is 0 Å². The first-order chi connectivity index (χ1) is 13.5. The molecule has 154 valence electrons. The summed E-state index contributed by atoms with van der Waals surface area (Å²) in [5, 5.41) is 0. The Balaban J connectivity index is 1.49. The molecule has 1 aromatic carbocycles. The summed E-state index contributed by atoms with van der Waals surface area (Å²) in [6.07, 6.45) is 3.12. The molecule has 0 saturated carbocycles. The number of nitrogens with zero attached hydrogens (tertiary/aromatic N) is 2. The van der Waals surface area contributed by atoms with Crippen molar-refractivity contribution in [2.75, 3.05) is 40.4 Å². The van der Waals surface area contributed by atoms with Gasteiger partial charge in [0.25, 0.3) is 0 Å². The van der Waals surface area contributed by atoms with Gasteiger partial charge in [0.15, 0.2) is 0 Å². The number of methoxy groups -OCH3 is 2. The third-order valence-electron chi connectivity index (χ3n) is 6.03. The molecule has 2 aliphatic heterocycles. The second-order valence-electron chi connectivity index (χ2n) is 7.73. The van der Waals surface area contributed by atoms with Gasteiger partial charge in [0.2, 0.25) is 11.8 Å². The third-order valence-corrected chi connectivity index (χ3v) is 6.03. The number of rotatable bonds is 6. The molecule has 0 bridgehead atoms. The van der Waals surface area contributed by atoms with E-state index in [2.05, 4.69) is 4.90 Å². The van der Waals surface area contributed by atoms with E-state index in [1.165, 1.54) is 0 Å². The van der Waals surface area contributed by atoms with E-state index >= 15 is 0 Å². The molecule has 2 fully saturated rings. The highest BCUT2D eigenvalue weighted by molar-refractivity contribution is 5.80. The van der Waals surface area contributed by atoms with E-state index in [0.29, 0.717) is 25.9 Å². The summed E-state index contributed by atoms with van der Waals surface area (Å²) >= 11 is 0. The minimum absolute atomic E-state index is 0.0784. The van der Waals surface area contributed by atoms with Crippen LogP contribution in [0.4, 0.5) is 0 Å². The smallest absolute Gasteiger partial charge is 0.225 e. The zero-order valence-electron chi connectivity index (χ0n) is 16.9. The van der Waals surface area contributed by atoms with Gasteiger partial charge in [0, 0.05) is 43.1 Å². The Hall–Kier alpha value is -2.28. The topological polar surface area (TPSA) is 85.1 Å². The Kier molecular flexibility index (Phi) is 6.78. The maximum atomic E-state index is 12.8. The van der Waals surface area contributed by atoms with E-state index in [4.69, 9.17) is 15.2 Å². The Bertz CT molecular complexity index is 693. The number of likely N-dealkylation sites (tertiary alicyclic amines) is 2. The molecule has 2 saturated heterocycles. The van der Waals surface area contributed by atoms with Gasteiger partial charge in [0.1, 0.15) is 11.5 Å². The van der Waals surface area contributed by atoms with Crippen LogP contribution in [0.1, 0.15) is 31.2 Å². The summed E-state index contributed by atoms with van der Waals surface area (Å²) in [5.74, 6) is 1.61. The van der Waals surface area contributed by atoms with Crippen LogP contribution < -0.4 is 15.2 Å². The van der Waals surface area contributed by atoms with E-state index in [9.17, 15) is 9.59 Å². The van der Waals surface area contributed by atoms with Gasteiger partial charge in [0.05, 0.1) is 14.2 Å². The van der Waals surface area contributed by atoms with Gasteiger partial charge in [-0.2, -0.15) is 0 Å². The first-order valence-corrected chi connectivity index (χ1v) is 10.0. The molecule has 1 aromatic rings. The minimum atomic E-state index is -0.241. The number of hydrogen-bond acceptors (Lipinski definition) is 5. The summed E-state index contributed by atoms with van der Waals surface area (Å²) < 4.78 is 10.8. The molecule has 0 aliphatic carbocycles. The van der Waals surface area contributed by atoms with Crippen molar-refractivity contribution in [3.8, 4) is 11.5 Å². The van der Waals surface area contributed by atoms with Gasteiger partial charge in [-0.15, -0.1) is 0 Å². The quantitative estimate of drug-likeness (QED) is 0.799. The van der Waals surface area contributed by atoms with E-state index in [-0.39, 0.29) is 23.7 Å². The fourth-order valence-electron chi connectivity index (χ4n) is 4.20. The van der Waals surface area contributed by atoms with Crippen molar-refractivity contribution >= 4 is 11.8 Å². The molecule has 2 amide bonds. The van der Waals surface area contributed by atoms with Crippen LogP contribution in [0, 0.1) is 11.8 Å². The fourth-order valence-corrected chi connectivity index (χ4v) is 4.20. The molecular formula is C21H31N3O4. The molecule has 0 radical (unpaired) electrons. The molecule has 0 unspecified atom stereocenters. The molecular weight excluding hydrogens is 358 g/mol. The van der Waals surface area contributed by atoms with Crippen LogP contribution in [0.3, 0.4) is 0 Å². The van der Waals surface area contributed by atoms with E-state index in [0.717, 1.165) is 49.5 Å². The van der Waals surface area contributed by atoms with Crippen molar-refractivity contribution in [2.45, 2.75) is 32.2 Å². The summed E-state index contributed by atoms with van der Waals surface area (Å²) in [7, 11) is 3.32. The SMILES string of the molecule is COc1ccc(CN2CCC(C(=O)N3CCC(C(N)=O)CC3)CC2)c(OC)c1. The monoisotopic (exact) mass is 389 g/mol. The predicted molar refractivity (Wildman–Crippen MR) is 106 cm³/mol.